The number of alkyl halides is 1. The van der Waals surface area contributed by atoms with Crippen LogP contribution in [0.25, 0.3) is 0 Å². The zero-order valence-corrected chi connectivity index (χ0v) is 15.9. The van der Waals surface area contributed by atoms with Crippen molar-refractivity contribution in [2.45, 2.75) is 51.5 Å². The molecule has 0 spiro atoms. The van der Waals surface area contributed by atoms with E-state index in [2.05, 4.69) is 0 Å². The van der Waals surface area contributed by atoms with Gasteiger partial charge in [-0.15, -0.1) is 0 Å². The summed E-state index contributed by atoms with van der Waals surface area (Å²) in [6.45, 7) is 2.09. The number of carbonyl (C=O) groups is 3. The molecule has 0 aromatic heterocycles. The van der Waals surface area contributed by atoms with Gasteiger partial charge in [0, 0.05) is 20.8 Å². The van der Waals surface area contributed by atoms with Crippen LogP contribution in [-0.4, -0.2) is 55.3 Å². The number of esters is 3. The summed E-state index contributed by atoms with van der Waals surface area (Å²) >= 11 is 0. The predicted octanol–water partition coefficient (Wildman–Crippen LogP) is 1.69. The van der Waals surface area contributed by atoms with Gasteiger partial charge in [-0.3, -0.25) is 14.4 Å². The third-order valence-corrected chi connectivity index (χ3v) is 4.02. The molecule has 0 bridgehead atoms. The Hall–Kier alpha value is -2.52. The van der Waals surface area contributed by atoms with Gasteiger partial charge in [-0.2, -0.15) is 0 Å². The van der Waals surface area contributed by atoms with Gasteiger partial charge in [0.15, 0.2) is 6.10 Å². The van der Waals surface area contributed by atoms with Crippen molar-refractivity contribution in [3.05, 3.63) is 35.9 Å². The van der Waals surface area contributed by atoms with Gasteiger partial charge in [0.25, 0.3) is 0 Å². The first-order valence-electron chi connectivity index (χ1n) is 8.65. The smallest absolute Gasteiger partial charge is 0.305 e. The Morgan fingerprint density at radius 3 is 2.21 bits per heavy atom. The molecular weight excluding hydrogens is 375 g/mol. The number of ether oxygens (including phenoxy) is 5. The summed E-state index contributed by atoms with van der Waals surface area (Å²) in [7, 11) is 0. The first-order valence-corrected chi connectivity index (χ1v) is 8.65. The second kappa shape index (κ2) is 9.61. The molecule has 0 amide bonds. The van der Waals surface area contributed by atoms with E-state index in [9.17, 15) is 18.8 Å². The minimum Gasteiger partial charge on any atom is -0.455 e. The molecule has 0 N–H and O–H groups in total. The molecule has 4 atom stereocenters. The van der Waals surface area contributed by atoms with Crippen molar-refractivity contribution in [1.29, 1.82) is 0 Å². The highest BCUT2D eigenvalue weighted by Gasteiger charge is 2.64. The second-order valence-corrected chi connectivity index (χ2v) is 6.33. The molecule has 4 unspecified atom stereocenters. The van der Waals surface area contributed by atoms with E-state index in [4.69, 9.17) is 23.7 Å². The van der Waals surface area contributed by atoms with E-state index in [-0.39, 0.29) is 13.2 Å². The lowest BCUT2D eigenvalue weighted by Crippen LogP contribution is -2.56. The first kappa shape index (κ1) is 21.8. The van der Waals surface area contributed by atoms with Gasteiger partial charge in [0.1, 0.15) is 12.8 Å². The fraction of sp³-hybridized carbons (Fsp3) is 0.526. The van der Waals surface area contributed by atoms with Gasteiger partial charge in [-0.25, -0.2) is 4.39 Å². The molecule has 1 aromatic carbocycles. The molecule has 9 heteroatoms. The quantitative estimate of drug-likeness (QED) is 0.482. The Morgan fingerprint density at radius 1 is 1.04 bits per heavy atom. The van der Waals surface area contributed by atoms with E-state index in [0.29, 0.717) is 0 Å². The second-order valence-electron chi connectivity index (χ2n) is 6.33. The molecule has 28 heavy (non-hydrogen) atoms. The monoisotopic (exact) mass is 398 g/mol. The average Bonchev–Trinajstić information content (AvgIpc) is 2.88. The third kappa shape index (κ3) is 5.26. The van der Waals surface area contributed by atoms with Gasteiger partial charge >= 0.3 is 17.9 Å². The van der Waals surface area contributed by atoms with E-state index in [0.717, 1.165) is 26.3 Å². The number of benzene rings is 1. The van der Waals surface area contributed by atoms with Crippen molar-refractivity contribution >= 4 is 17.9 Å². The van der Waals surface area contributed by atoms with Crippen molar-refractivity contribution in [2.24, 2.45) is 0 Å². The molecule has 154 valence electrons. The molecule has 0 saturated carbocycles. The van der Waals surface area contributed by atoms with Crippen molar-refractivity contribution < 1.29 is 42.5 Å². The predicted molar refractivity (Wildman–Crippen MR) is 92.6 cm³/mol. The largest absolute Gasteiger partial charge is 0.455 e. The summed E-state index contributed by atoms with van der Waals surface area (Å²) in [5, 5.41) is 0. The minimum atomic E-state index is -2.12. The molecule has 1 aliphatic rings. The van der Waals surface area contributed by atoms with Gasteiger partial charge in [0.05, 0.1) is 13.2 Å². The highest BCUT2D eigenvalue weighted by atomic mass is 19.1. The fourth-order valence-corrected chi connectivity index (χ4v) is 2.96. The molecule has 1 fully saturated rings. The van der Waals surface area contributed by atoms with Crippen LogP contribution in [0.4, 0.5) is 4.39 Å². The topological polar surface area (TPSA) is 97.4 Å². The maximum absolute atomic E-state index is 14.1. The Balaban J connectivity index is 2.22. The Labute approximate surface area is 161 Å². The summed E-state index contributed by atoms with van der Waals surface area (Å²) in [6, 6.07) is 9.26. The van der Waals surface area contributed by atoms with E-state index in [1.165, 1.54) is 0 Å². The van der Waals surface area contributed by atoms with Crippen molar-refractivity contribution in [3.63, 3.8) is 0 Å². The number of carbonyl (C=O) groups excluding carboxylic acids is 3. The Morgan fingerprint density at radius 2 is 1.68 bits per heavy atom. The third-order valence-electron chi connectivity index (χ3n) is 4.02. The Kier molecular flexibility index (Phi) is 7.47. The molecule has 8 nitrogen and oxygen atoms in total. The van der Waals surface area contributed by atoms with E-state index in [1.54, 1.807) is 0 Å². The molecule has 1 saturated heterocycles. The normalized spacial score (nSPS) is 26.5. The zero-order valence-electron chi connectivity index (χ0n) is 15.9. The molecule has 0 radical (unpaired) electrons. The van der Waals surface area contributed by atoms with E-state index < -0.39 is 48.7 Å². The van der Waals surface area contributed by atoms with Crippen LogP contribution in [0.2, 0.25) is 0 Å². The number of rotatable bonds is 8. The van der Waals surface area contributed by atoms with E-state index in [1.807, 2.05) is 30.3 Å². The number of hydrogen-bond donors (Lipinski definition) is 0. The molecule has 1 aromatic rings. The highest BCUT2D eigenvalue weighted by Crippen LogP contribution is 2.38. The summed E-state index contributed by atoms with van der Waals surface area (Å²) in [5.41, 5.74) is -1.23. The summed E-state index contributed by atoms with van der Waals surface area (Å²) < 4.78 is 40.6. The number of halogens is 1. The SMILES string of the molecule is CC(=O)OC1OC(COCc2ccccc2)C(OC(C)=O)C1(CF)OC(C)=O. The van der Waals surface area contributed by atoms with Crippen LogP contribution in [0.1, 0.15) is 26.3 Å². The van der Waals surface area contributed by atoms with Crippen LogP contribution in [0.3, 0.4) is 0 Å². The minimum absolute atomic E-state index is 0.117. The van der Waals surface area contributed by atoms with Crippen LogP contribution in [0.15, 0.2) is 30.3 Å². The average molecular weight is 398 g/mol. The van der Waals surface area contributed by atoms with Crippen LogP contribution in [-0.2, 0) is 44.7 Å². The van der Waals surface area contributed by atoms with Gasteiger partial charge < -0.3 is 23.7 Å². The van der Waals surface area contributed by atoms with Crippen LogP contribution in [0.5, 0.6) is 0 Å². The summed E-state index contributed by atoms with van der Waals surface area (Å²) in [6.07, 6.45) is -3.97. The van der Waals surface area contributed by atoms with Crippen molar-refractivity contribution in [3.8, 4) is 0 Å². The summed E-state index contributed by atoms with van der Waals surface area (Å²) in [5.74, 6) is -2.36. The van der Waals surface area contributed by atoms with Gasteiger partial charge in [-0.1, -0.05) is 30.3 Å². The van der Waals surface area contributed by atoms with Crippen molar-refractivity contribution in [1.82, 2.24) is 0 Å². The van der Waals surface area contributed by atoms with Gasteiger partial charge in [-0.05, 0) is 5.56 Å². The zero-order chi connectivity index (χ0) is 20.7. The molecule has 0 aliphatic carbocycles. The van der Waals surface area contributed by atoms with Crippen LogP contribution < -0.4 is 0 Å². The maximum Gasteiger partial charge on any atom is 0.305 e. The van der Waals surface area contributed by atoms with E-state index >= 15 is 0 Å². The highest BCUT2D eigenvalue weighted by molar-refractivity contribution is 5.69. The summed E-state index contributed by atoms with van der Waals surface area (Å²) in [4.78, 5) is 34.6. The van der Waals surface area contributed by atoms with Gasteiger partial charge in [0.2, 0.25) is 11.9 Å². The standard InChI is InChI=1S/C19H23FO8/c1-12(21)25-17-16(10-24-9-15-7-5-4-6-8-15)27-18(26-13(2)22)19(17,11-20)28-14(3)23/h4-8,16-18H,9-11H2,1-3H3. The molecule has 1 heterocycles. The molecule has 2 rings (SSSR count). The van der Waals surface area contributed by atoms with Crippen molar-refractivity contribution in [2.75, 3.05) is 13.3 Å². The molecular formula is C19H23FO8. The lowest BCUT2D eigenvalue weighted by molar-refractivity contribution is -0.227. The lowest BCUT2D eigenvalue weighted by atomic mass is 9.95. The fourth-order valence-electron chi connectivity index (χ4n) is 2.96. The number of hydrogen-bond acceptors (Lipinski definition) is 8. The van der Waals surface area contributed by atoms with Crippen LogP contribution >= 0.6 is 0 Å². The van der Waals surface area contributed by atoms with Crippen LogP contribution in [0, 0.1) is 0 Å². The molecule has 1 aliphatic heterocycles. The Bertz CT molecular complexity index is 694. The first-order chi connectivity index (χ1) is 13.3. The lowest BCUT2D eigenvalue weighted by Gasteiger charge is -2.33. The maximum atomic E-state index is 14.1.